The van der Waals surface area contributed by atoms with Gasteiger partial charge in [0.1, 0.15) is 11.2 Å². The zero-order chi connectivity index (χ0) is 19.4. The smallest absolute Gasteiger partial charge is 0.354 e. The molecule has 1 N–H and O–H groups in total. The number of nitrogens with zero attached hydrogens (tertiary/aromatic N) is 1. The second-order valence-electron chi connectivity index (χ2n) is 5.41. The van der Waals surface area contributed by atoms with Crippen LogP contribution in [-0.4, -0.2) is 31.1 Å². The van der Waals surface area contributed by atoms with Gasteiger partial charge in [-0.3, -0.25) is 0 Å². The molecule has 0 aliphatic carbocycles. The molecular formula is C19H15ClN2O5. The maximum Gasteiger partial charge on any atom is 0.354 e. The number of hydrogen-bond donors (Lipinski definition) is 1. The van der Waals surface area contributed by atoms with E-state index in [1.165, 1.54) is 14.2 Å². The van der Waals surface area contributed by atoms with E-state index in [1.54, 1.807) is 42.5 Å². The van der Waals surface area contributed by atoms with E-state index in [-0.39, 0.29) is 5.70 Å². The number of anilines is 1. The SMILES string of the molecule is COC(=O)/C=C(/Nc1ccc2oc(-c3ccc(Cl)cc3)nc2c1)C(=O)OC. The third kappa shape index (κ3) is 4.27. The summed E-state index contributed by atoms with van der Waals surface area (Å²) in [5, 5.41) is 3.45. The molecule has 0 aliphatic rings. The highest BCUT2D eigenvalue weighted by atomic mass is 35.5. The average molecular weight is 387 g/mol. The fourth-order valence-corrected chi connectivity index (χ4v) is 2.44. The molecule has 27 heavy (non-hydrogen) atoms. The van der Waals surface area contributed by atoms with Crippen LogP contribution in [0.15, 0.2) is 58.7 Å². The molecule has 0 unspecified atom stereocenters. The molecule has 0 saturated carbocycles. The lowest BCUT2D eigenvalue weighted by Crippen LogP contribution is -2.15. The molecule has 7 nitrogen and oxygen atoms in total. The van der Waals surface area contributed by atoms with Crippen molar-refractivity contribution >= 4 is 40.3 Å². The lowest BCUT2D eigenvalue weighted by atomic mass is 10.2. The van der Waals surface area contributed by atoms with Crippen LogP contribution < -0.4 is 5.32 Å². The number of methoxy groups -OCH3 is 2. The van der Waals surface area contributed by atoms with Crippen molar-refractivity contribution in [2.45, 2.75) is 0 Å². The minimum Gasteiger partial charge on any atom is -0.466 e. The van der Waals surface area contributed by atoms with E-state index in [4.69, 9.17) is 16.0 Å². The van der Waals surface area contributed by atoms with Gasteiger partial charge in [0.25, 0.3) is 0 Å². The van der Waals surface area contributed by atoms with E-state index >= 15 is 0 Å². The maximum absolute atomic E-state index is 11.8. The zero-order valence-corrected chi connectivity index (χ0v) is 15.2. The van der Waals surface area contributed by atoms with Crippen molar-refractivity contribution in [3.05, 3.63) is 59.3 Å². The predicted octanol–water partition coefficient (Wildman–Crippen LogP) is 3.79. The fourth-order valence-electron chi connectivity index (χ4n) is 2.31. The number of carbonyl (C=O) groups excluding carboxylic acids is 2. The van der Waals surface area contributed by atoms with Crippen molar-refractivity contribution in [3.63, 3.8) is 0 Å². The number of fused-ring (bicyclic) bond motifs is 1. The Morgan fingerprint density at radius 1 is 1.11 bits per heavy atom. The fraction of sp³-hybridized carbons (Fsp3) is 0.105. The summed E-state index contributed by atoms with van der Waals surface area (Å²) in [4.78, 5) is 27.7. The summed E-state index contributed by atoms with van der Waals surface area (Å²) in [6, 6.07) is 12.2. The molecule has 3 rings (SSSR count). The van der Waals surface area contributed by atoms with Gasteiger partial charge in [0.15, 0.2) is 5.58 Å². The van der Waals surface area contributed by atoms with E-state index in [0.29, 0.717) is 27.7 Å². The number of esters is 2. The monoisotopic (exact) mass is 386 g/mol. The summed E-state index contributed by atoms with van der Waals surface area (Å²) >= 11 is 5.90. The molecule has 2 aromatic carbocycles. The molecule has 0 saturated heterocycles. The molecule has 1 heterocycles. The van der Waals surface area contributed by atoms with Crippen LogP contribution in [0.25, 0.3) is 22.6 Å². The molecule has 138 valence electrons. The summed E-state index contributed by atoms with van der Waals surface area (Å²) in [6.45, 7) is 0. The third-order valence-corrected chi connectivity index (χ3v) is 3.88. The van der Waals surface area contributed by atoms with Crippen LogP contribution >= 0.6 is 11.6 Å². The van der Waals surface area contributed by atoms with Crippen LogP contribution in [0, 0.1) is 0 Å². The first-order valence-corrected chi connectivity index (χ1v) is 8.19. The first-order chi connectivity index (χ1) is 13.0. The van der Waals surface area contributed by atoms with E-state index in [9.17, 15) is 9.59 Å². The van der Waals surface area contributed by atoms with Crippen LogP contribution in [0.4, 0.5) is 5.69 Å². The van der Waals surface area contributed by atoms with Crippen molar-refractivity contribution in [2.75, 3.05) is 19.5 Å². The number of aromatic nitrogens is 1. The van der Waals surface area contributed by atoms with Gasteiger partial charge < -0.3 is 19.2 Å². The van der Waals surface area contributed by atoms with Crippen LogP contribution in [0.3, 0.4) is 0 Å². The zero-order valence-electron chi connectivity index (χ0n) is 14.5. The number of benzene rings is 2. The molecule has 3 aromatic rings. The normalized spacial score (nSPS) is 11.3. The first-order valence-electron chi connectivity index (χ1n) is 7.81. The lowest BCUT2D eigenvalue weighted by molar-refractivity contribution is -0.138. The van der Waals surface area contributed by atoms with Gasteiger partial charge in [-0.1, -0.05) is 11.6 Å². The minimum absolute atomic E-state index is 0.0647. The molecule has 0 spiro atoms. The van der Waals surface area contributed by atoms with Crippen molar-refractivity contribution in [1.29, 1.82) is 0 Å². The van der Waals surface area contributed by atoms with E-state index in [1.807, 2.05) is 0 Å². The van der Waals surface area contributed by atoms with E-state index in [0.717, 1.165) is 11.6 Å². The van der Waals surface area contributed by atoms with Gasteiger partial charge in [0.2, 0.25) is 5.89 Å². The van der Waals surface area contributed by atoms with Crippen molar-refractivity contribution in [3.8, 4) is 11.5 Å². The van der Waals surface area contributed by atoms with Gasteiger partial charge >= 0.3 is 11.9 Å². The Hall–Kier alpha value is -3.32. The summed E-state index contributed by atoms with van der Waals surface area (Å²) in [5.41, 5.74) is 2.39. The average Bonchev–Trinajstić information content (AvgIpc) is 3.10. The standard InChI is InChI=1S/C19H15ClN2O5/c1-25-17(23)10-15(19(24)26-2)21-13-7-8-16-14(9-13)22-18(27-16)11-3-5-12(20)6-4-11/h3-10,21H,1-2H3/b15-10+. The molecule has 0 atom stereocenters. The van der Waals surface area contributed by atoms with Crippen LogP contribution in [0.2, 0.25) is 5.02 Å². The molecule has 0 amide bonds. The van der Waals surface area contributed by atoms with Crippen molar-refractivity contribution in [2.24, 2.45) is 0 Å². The number of oxazole rings is 1. The minimum atomic E-state index is -0.706. The van der Waals surface area contributed by atoms with Gasteiger partial charge in [0, 0.05) is 16.3 Å². The highest BCUT2D eigenvalue weighted by Gasteiger charge is 2.14. The Morgan fingerprint density at radius 3 is 2.52 bits per heavy atom. The number of rotatable bonds is 5. The van der Waals surface area contributed by atoms with Crippen molar-refractivity contribution < 1.29 is 23.5 Å². The first kappa shape index (κ1) is 18.5. The quantitative estimate of drug-likeness (QED) is 0.527. The Labute approximate surface area is 159 Å². The van der Waals surface area contributed by atoms with E-state index < -0.39 is 11.9 Å². The third-order valence-electron chi connectivity index (χ3n) is 3.63. The number of halogens is 1. The molecule has 0 fully saturated rings. The molecular weight excluding hydrogens is 372 g/mol. The number of carbonyl (C=O) groups is 2. The number of ether oxygens (including phenoxy) is 2. The Morgan fingerprint density at radius 2 is 1.85 bits per heavy atom. The van der Waals surface area contributed by atoms with E-state index in [2.05, 4.69) is 19.8 Å². The molecule has 8 heteroatoms. The Bertz CT molecular complexity index is 1020. The molecule has 0 radical (unpaired) electrons. The van der Waals surface area contributed by atoms with Gasteiger partial charge in [-0.25, -0.2) is 14.6 Å². The number of nitrogens with one attached hydrogen (secondary N) is 1. The van der Waals surface area contributed by atoms with Crippen molar-refractivity contribution in [1.82, 2.24) is 4.98 Å². The van der Waals surface area contributed by atoms with Gasteiger partial charge in [-0.05, 0) is 42.5 Å². The Balaban J connectivity index is 1.91. The van der Waals surface area contributed by atoms with Gasteiger partial charge in [0.05, 0.1) is 20.3 Å². The summed E-state index contributed by atoms with van der Waals surface area (Å²) in [7, 11) is 2.43. The maximum atomic E-state index is 11.8. The second kappa shape index (κ2) is 7.92. The summed E-state index contributed by atoms with van der Waals surface area (Å²) in [6.07, 6.45) is 1.01. The number of hydrogen-bond acceptors (Lipinski definition) is 7. The molecule has 0 bridgehead atoms. The van der Waals surface area contributed by atoms with Crippen LogP contribution in [0.5, 0.6) is 0 Å². The highest BCUT2D eigenvalue weighted by molar-refractivity contribution is 6.30. The summed E-state index contributed by atoms with van der Waals surface area (Å²) in [5.74, 6) is -0.949. The lowest BCUT2D eigenvalue weighted by Gasteiger charge is -2.08. The van der Waals surface area contributed by atoms with Gasteiger partial charge in [-0.15, -0.1) is 0 Å². The second-order valence-corrected chi connectivity index (χ2v) is 5.84. The summed E-state index contributed by atoms with van der Waals surface area (Å²) < 4.78 is 15.0. The topological polar surface area (TPSA) is 90.7 Å². The van der Waals surface area contributed by atoms with Crippen LogP contribution in [0.1, 0.15) is 0 Å². The highest BCUT2D eigenvalue weighted by Crippen LogP contribution is 2.27. The van der Waals surface area contributed by atoms with Crippen LogP contribution in [-0.2, 0) is 19.1 Å². The largest absolute Gasteiger partial charge is 0.466 e. The Kier molecular flexibility index (Phi) is 5.42. The van der Waals surface area contributed by atoms with Gasteiger partial charge in [-0.2, -0.15) is 0 Å². The molecule has 0 aliphatic heterocycles. The predicted molar refractivity (Wildman–Crippen MR) is 100 cm³/mol. The molecule has 1 aromatic heterocycles.